The fourth-order valence-corrected chi connectivity index (χ4v) is 2.82. The zero-order valence-electron chi connectivity index (χ0n) is 16.3. The second-order valence-electron chi connectivity index (χ2n) is 6.41. The van der Waals surface area contributed by atoms with E-state index < -0.39 is 0 Å². The number of ether oxygens (including phenoxy) is 1. The molecule has 0 aliphatic rings. The normalized spacial score (nSPS) is 10.6. The molecule has 7 heteroatoms. The fourth-order valence-electron chi connectivity index (χ4n) is 2.63. The average molecular weight is 422 g/mol. The molecule has 2 amide bonds. The first kappa shape index (κ1) is 21.1. The molecule has 0 saturated carbocycles. The molecule has 2 N–H and O–H groups in total. The molecule has 0 saturated heterocycles. The molecule has 0 fully saturated rings. The van der Waals surface area contributed by atoms with Crippen molar-refractivity contribution >= 4 is 35.3 Å². The summed E-state index contributed by atoms with van der Waals surface area (Å²) in [4.78, 5) is 23.4. The second-order valence-corrected chi connectivity index (χ2v) is 6.82. The summed E-state index contributed by atoms with van der Waals surface area (Å²) >= 11 is 6.14. The minimum atomic E-state index is -0.385. The fraction of sp³-hybridized carbons (Fsp3) is 0.0870. The van der Waals surface area contributed by atoms with Crippen LogP contribution in [-0.2, 0) is 11.4 Å². The van der Waals surface area contributed by atoms with Gasteiger partial charge in [0.1, 0.15) is 12.4 Å². The first-order chi connectivity index (χ1) is 14.5. The van der Waals surface area contributed by atoms with Crippen LogP contribution in [0.5, 0.6) is 5.75 Å². The van der Waals surface area contributed by atoms with E-state index in [-0.39, 0.29) is 11.8 Å². The summed E-state index contributed by atoms with van der Waals surface area (Å²) < 4.78 is 5.79. The number of hydrogen-bond acceptors (Lipinski definition) is 4. The molecule has 0 aliphatic heterocycles. The van der Waals surface area contributed by atoms with Crippen LogP contribution in [-0.4, -0.2) is 18.0 Å². The van der Waals surface area contributed by atoms with E-state index >= 15 is 0 Å². The van der Waals surface area contributed by atoms with Gasteiger partial charge in [0.15, 0.2) is 0 Å². The Hall–Kier alpha value is -3.64. The van der Waals surface area contributed by atoms with Gasteiger partial charge in [0, 0.05) is 28.8 Å². The summed E-state index contributed by atoms with van der Waals surface area (Å²) in [6, 6.07) is 21.4. The standard InChI is InChI=1S/C23H20ClN3O3/c1-16(28)26-20-9-5-8-18(13-20)23(29)27-25-14-17-6-4-10-21(12-17)30-15-19-7-2-3-11-22(19)24/h2-14H,15H2,1H3,(H,26,28)(H,27,29). The van der Waals surface area contributed by atoms with Crippen LogP contribution in [0.4, 0.5) is 5.69 Å². The predicted molar refractivity (Wildman–Crippen MR) is 118 cm³/mol. The van der Waals surface area contributed by atoms with Crippen LogP contribution >= 0.6 is 11.6 Å². The van der Waals surface area contributed by atoms with Gasteiger partial charge < -0.3 is 10.1 Å². The molecule has 0 unspecified atom stereocenters. The van der Waals surface area contributed by atoms with Crippen molar-refractivity contribution in [1.29, 1.82) is 0 Å². The zero-order valence-corrected chi connectivity index (χ0v) is 17.0. The van der Waals surface area contributed by atoms with Crippen molar-refractivity contribution in [3.63, 3.8) is 0 Å². The highest BCUT2D eigenvalue weighted by atomic mass is 35.5. The third kappa shape index (κ3) is 6.18. The Bertz CT molecular complexity index is 1080. The van der Waals surface area contributed by atoms with E-state index in [9.17, 15) is 9.59 Å². The molecule has 0 radical (unpaired) electrons. The lowest BCUT2D eigenvalue weighted by Gasteiger charge is -2.08. The molecule has 0 aliphatic carbocycles. The molecule has 3 aromatic carbocycles. The van der Waals surface area contributed by atoms with Gasteiger partial charge in [-0.1, -0.05) is 48.0 Å². The Morgan fingerprint density at radius 2 is 1.83 bits per heavy atom. The third-order valence-electron chi connectivity index (χ3n) is 4.04. The maximum Gasteiger partial charge on any atom is 0.271 e. The quantitative estimate of drug-likeness (QED) is 0.430. The number of carbonyl (C=O) groups is 2. The van der Waals surface area contributed by atoms with Gasteiger partial charge in [0.2, 0.25) is 5.91 Å². The number of rotatable bonds is 7. The van der Waals surface area contributed by atoms with Crippen LogP contribution in [0.25, 0.3) is 0 Å². The summed E-state index contributed by atoms with van der Waals surface area (Å²) in [7, 11) is 0. The third-order valence-corrected chi connectivity index (χ3v) is 4.40. The summed E-state index contributed by atoms with van der Waals surface area (Å²) in [6.45, 7) is 1.75. The summed E-state index contributed by atoms with van der Waals surface area (Å²) in [5.74, 6) is 0.0694. The monoisotopic (exact) mass is 421 g/mol. The van der Waals surface area contributed by atoms with Crippen molar-refractivity contribution in [3.05, 3.63) is 94.5 Å². The number of hydrogen-bond donors (Lipinski definition) is 2. The van der Waals surface area contributed by atoms with E-state index in [2.05, 4.69) is 15.8 Å². The highest BCUT2D eigenvalue weighted by Gasteiger charge is 2.06. The molecule has 6 nitrogen and oxygen atoms in total. The van der Waals surface area contributed by atoms with Crippen LogP contribution in [0.1, 0.15) is 28.4 Å². The molecular formula is C23H20ClN3O3. The van der Waals surface area contributed by atoms with Gasteiger partial charge in [-0.3, -0.25) is 9.59 Å². The molecule has 0 heterocycles. The van der Waals surface area contributed by atoms with E-state index in [0.717, 1.165) is 11.1 Å². The van der Waals surface area contributed by atoms with Crippen molar-refractivity contribution in [2.45, 2.75) is 13.5 Å². The van der Waals surface area contributed by atoms with Crippen LogP contribution in [0.2, 0.25) is 5.02 Å². The molecule has 0 spiro atoms. The first-order valence-corrected chi connectivity index (χ1v) is 9.56. The largest absolute Gasteiger partial charge is 0.489 e. The Morgan fingerprint density at radius 1 is 1.03 bits per heavy atom. The van der Waals surface area contributed by atoms with Crippen LogP contribution in [0.15, 0.2) is 77.9 Å². The lowest BCUT2D eigenvalue weighted by molar-refractivity contribution is -0.114. The smallest absolute Gasteiger partial charge is 0.271 e. The minimum Gasteiger partial charge on any atom is -0.489 e. The molecule has 0 aromatic heterocycles. The zero-order chi connectivity index (χ0) is 21.3. The van der Waals surface area contributed by atoms with Crippen LogP contribution in [0.3, 0.4) is 0 Å². The maximum atomic E-state index is 12.3. The van der Waals surface area contributed by atoms with E-state index in [1.54, 1.807) is 24.3 Å². The van der Waals surface area contributed by atoms with E-state index in [4.69, 9.17) is 16.3 Å². The van der Waals surface area contributed by atoms with Gasteiger partial charge in [0.25, 0.3) is 5.91 Å². The summed E-state index contributed by atoms with van der Waals surface area (Å²) in [6.07, 6.45) is 1.53. The molecule has 30 heavy (non-hydrogen) atoms. The van der Waals surface area contributed by atoms with E-state index in [0.29, 0.717) is 28.6 Å². The van der Waals surface area contributed by atoms with Gasteiger partial charge in [-0.05, 0) is 42.0 Å². The SMILES string of the molecule is CC(=O)Nc1cccc(C(=O)NN=Cc2cccc(OCc3ccccc3Cl)c2)c1. The first-order valence-electron chi connectivity index (χ1n) is 9.18. The second kappa shape index (κ2) is 10.2. The van der Waals surface area contributed by atoms with Crippen LogP contribution < -0.4 is 15.5 Å². The number of benzene rings is 3. The number of nitrogens with one attached hydrogen (secondary N) is 2. The average Bonchev–Trinajstić information content (AvgIpc) is 2.73. The Morgan fingerprint density at radius 3 is 2.63 bits per heavy atom. The number of amides is 2. The molecule has 152 valence electrons. The highest BCUT2D eigenvalue weighted by Crippen LogP contribution is 2.19. The lowest BCUT2D eigenvalue weighted by atomic mass is 10.2. The van der Waals surface area contributed by atoms with Crippen molar-refractivity contribution in [2.24, 2.45) is 5.10 Å². The number of anilines is 1. The van der Waals surface area contributed by atoms with Gasteiger partial charge in [0.05, 0.1) is 6.21 Å². The number of hydrazone groups is 1. The minimum absolute atomic E-state index is 0.206. The predicted octanol–water partition coefficient (Wildman–Crippen LogP) is 4.64. The van der Waals surface area contributed by atoms with Gasteiger partial charge >= 0.3 is 0 Å². The Labute approximate surface area is 179 Å². The van der Waals surface area contributed by atoms with Crippen molar-refractivity contribution in [3.8, 4) is 5.75 Å². The summed E-state index contributed by atoms with van der Waals surface area (Å²) in [5, 5.41) is 7.28. The van der Waals surface area contributed by atoms with Crippen molar-refractivity contribution in [1.82, 2.24) is 5.43 Å². The number of carbonyl (C=O) groups excluding carboxylic acids is 2. The van der Waals surface area contributed by atoms with Crippen LogP contribution in [0, 0.1) is 0 Å². The van der Waals surface area contributed by atoms with Crippen molar-refractivity contribution < 1.29 is 14.3 Å². The molecule has 3 rings (SSSR count). The van der Waals surface area contributed by atoms with E-state index in [1.807, 2.05) is 48.5 Å². The molecule has 0 bridgehead atoms. The topological polar surface area (TPSA) is 79.8 Å². The Kier molecular flexibility index (Phi) is 7.19. The molecular weight excluding hydrogens is 402 g/mol. The van der Waals surface area contributed by atoms with Gasteiger partial charge in [-0.15, -0.1) is 0 Å². The van der Waals surface area contributed by atoms with E-state index in [1.165, 1.54) is 13.1 Å². The van der Waals surface area contributed by atoms with Gasteiger partial charge in [-0.2, -0.15) is 5.10 Å². The van der Waals surface area contributed by atoms with Crippen molar-refractivity contribution in [2.75, 3.05) is 5.32 Å². The Balaban J connectivity index is 1.58. The molecule has 3 aromatic rings. The lowest BCUT2D eigenvalue weighted by Crippen LogP contribution is -2.18. The summed E-state index contributed by atoms with van der Waals surface area (Å²) in [5.41, 5.74) is 5.06. The molecule has 0 atom stereocenters. The van der Waals surface area contributed by atoms with Gasteiger partial charge in [-0.25, -0.2) is 5.43 Å². The number of nitrogens with zero attached hydrogens (tertiary/aromatic N) is 1. The number of halogens is 1. The maximum absolute atomic E-state index is 12.3. The highest BCUT2D eigenvalue weighted by molar-refractivity contribution is 6.31.